The molecule has 0 bridgehead atoms. The molecule has 0 amide bonds. The molecule has 0 saturated heterocycles. The number of anilines is 1. The number of aromatic nitrogens is 2. The first-order valence-corrected chi connectivity index (χ1v) is 6.35. The molecule has 2 aromatic rings. The second kappa shape index (κ2) is 4.97. The number of hydrogen-bond acceptors (Lipinski definition) is 5. The molecule has 1 heterocycles. The highest BCUT2D eigenvalue weighted by molar-refractivity contribution is 8.01. The highest BCUT2D eigenvalue weighted by Crippen LogP contribution is 2.37. The summed E-state index contributed by atoms with van der Waals surface area (Å²) in [4.78, 5) is 0.463. The zero-order valence-electron chi connectivity index (χ0n) is 8.85. The van der Waals surface area contributed by atoms with Crippen molar-refractivity contribution in [2.45, 2.75) is 22.6 Å². The van der Waals surface area contributed by atoms with Crippen LogP contribution in [0.25, 0.3) is 0 Å². The van der Waals surface area contributed by atoms with Gasteiger partial charge < -0.3 is 5.73 Å². The summed E-state index contributed by atoms with van der Waals surface area (Å²) in [6.45, 7) is 1.82. The lowest BCUT2D eigenvalue weighted by molar-refractivity contribution is 0.148. The number of rotatable bonds is 3. The molecule has 1 aromatic heterocycles. The number of hydrogen-bond donors (Lipinski definition) is 1. The Morgan fingerprint density at radius 1 is 1.35 bits per heavy atom. The van der Waals surface area contributed by atoms with Gasteiger partial charge in [-0.3, -0.25) is 0 Å². The molecule has 7 heteroatoms. The lowest BCUT2D eigenvalue weighted by Gasteiger charge is -2.07. The number of nitrogens with zero attached hydrogens (tertiary/aromatic N) is 2. The van der Waals surface area contributed by atoms with E-state index < -0.39 is 6.43 Å². The Hall–Kier alpha value is -1.21. The predicted octanol–water partition coefficient (Wildman–Crippen LogP) is 3.52. The Labute approximate surface area is 105 Å². The average molecular weight is 273 g/mol. The van der Waals surface area contributed by atoms with Crippen molar-refractivity contribution in [3.8, 4) is 0 Å². The fourth-order valence-electron chi connectivity index (χ4n) is 1.24. The molecule has 1 aromatic carbocycles. The van der Waals surface area contributed by atoms with Gasteiger partial charge in [0.25, 0.3) is 6.43 Å². The van der Waals surface area contributed by atoms with Gasteiger partial charge in [0, 0.05) is 16.1 Å². The van der Waals surface area contributed by atoms with Gasteiger partial charge in [-0.2, -0.15) is 0 Å². The predicted molar refractivity (Wildman–Crippen MR) is 64.6 cm³/mol. The van der Waals surface area contributed by atoms with Crippen LogP contribution in [-0.2, 0) is 0 Å². The molecule has 0 unspecified atom stereocenters. The van der Waals surface area contributed by atoms with Crippen LogP contribution in [0.5, 0.6) is 0 Å². The van der Waals surface area contributed by atoms with Crippen molar-refractivity contribution in [1.82, 2.24) is 10.2 Å². The van der Waals surface area contributed by atoms with Gasteiger partial charge >= 0.3 is 0 Å². The third-order valence-electron chi connectivity index (χ3n) is 1.97. The van der Waals surface area contributed by atoms with Crippen LogP contribution in [-0.4, -0.2) is 10.2 Å². The normalized spacial score (nSPS) is 11.1. The second-order valence-electron chi connectivity index (χ2n) is 3.29. The monoisotopic (exact) mass is 273 g/mol. The Morgan fingerprint density at radius 3 is 2.71 bits per heavy atom. The zero-order chi connectivity index (χ0) is 12.4. The van der Waals surface area contributed by atoms with E-state index in [4.69, 9.17) is 5.73 Å². The lowest BCUT2D eigenvalue weighted by atomic mass is 10.2. The van der Waals surface area contributed by atoms with Gasteiger partial charge in [0.15, 0.2) is 4.34 Å². The number of nitrogen functional groups attached to an aromatic ring is 1. The molecule has 0 saturated carbocycles. The van der Waals surface area contributed by atoms with E-state index in [-0.39, 0.29) is 5.56 Å². The van der Waals surface area contributed by atoms with Crippen molar-refractivity contribution in [3.63, 3.8) is 0 Å². The van der Waals surface area contributed by atoms with E-state index in [0.717, 1.165) is 5.01 Å². The minimum Gasteiger partial charge on any atom is -0.399 e. The molecule has 0 aliphatic rings. The quantitative estimate of drug-likeness (QED) is 0.869. The SMILES string of the molecule is Cc1nnc(Sc2ccc(N)cc2C(F)F)s1. The standard InChI is InChI=1S/C10H9F2N3S2/c1-5-14-15-10(16-5)17-8-3-2-6(13)4-7(8)9(11)12/h2-4,9H,13H2,1H3. The minimum absolute atomic E-state index is 0.0668. The highest BCUT2D eigenvalue weighted by atomic mass is 32.2. The lowest BCUT2D eigenvalue weighted by Crippen LogP contribution is -1.92. The average Bonchev–Trinajstić information content (AvgIpc) is 2.66. The van der Waals surface area contributed by atoms with Crippen LogP contribution >= 0.6 is 23.1 Å². The maximum atomic E-state index is 12.8. The second-order valence-corrected chi connectivity index (χ2v) is 5.76. The van der Waals surface area contributed by atoms with Crippen LogP contribution in [0.3, 0.4) is 0 Å². The molecule has 2 N–H and O–H groups in total. The first-order chi connectivity index (χ1) is 8.06. The van der Waals surface area contributed by atoms with Gasteiger partial charge in [-0.05, 0) is 25.1 Å². The molecule has 0 radical (unpaired) electrons. The van der Waals surface area contributed by atoms with E-state index in [9.17, 15) is 8.78 Å². The summed E-state index contributed by atoms with van der Waals surface area (Å²) >= 11 is 2.55. The molecule has 0 spiro atoms. The number of alkyl halides is 2. The third kappa shape index (κ3) is 2.92. The maximum absolute atomic E-state index is 12.8. The van der Waals surface area contributed by atoms with Crippen molar-refractivity contribution in [2.24, 2.45) is 0 Å². The summed E-state index contributed by atoms with van der Waals surface area (Å²) in [5.41, 5.74) is 5.76. The summed E-state index contributed by atoms with van der Waals surface area (Å²) in [5.74, 6) is 0. The van der Waals surface area contributed by atoms with Crippen molar-refractivity contribution < 1.29 is 8.78 Å². The van der Waals surface area contributed by atoms with E-state index in [0.29, 0.717) is 14.9 Å². The Kier molecular flexibility index (Phi) is 3.58. The summed E-state index contributed by atoms with van der Waals surface area (Å²) in [6, 6.07) is 4.47. The maximum Gasteiger partial charge on any atom is 0.265 e. The largest absolute Gasteiger partial charge is 0.399 e. The molecular weight excluding hydrogens is 264 g/mol. The molecule has 0 fully saturated rings. The molecule has 2 rings (SSSR count). The van der Waals surface area contributed by atoms with Gasteiger partial charge in [0.05, 0.1) is 0 Å². The molecule has 0 aliphatic heterocycles. The number of halogens is 2. The summed E-state index contributed by atoms with van der Waals surface area (Å²) in [6.07, 6.45) is -2.55. The minimum atomic E-state index is -2.55. The van der Waals surface area contributed by atoms with Gasteiger partial charge in [0.2, 0.25) is 0 Å². The van der Waals surface area contributed by atoms with Crippen LogP contribution in [0.1, 0.15) is 17.0 Å². The van der Waals surface area contributed by atoms with Gasteiger partial charge in [-0.1, -0.05) is 23.1 Å². The van der Waals surface area contributed by atoms with E-state index in [1.54, 1.807) is 12.1 Å². The summed E-state index contributed by atoms with van der Waals surface area (Å²) < 4.78 is 26.3. The van der Waals surface area contributed by atoms with Crippen molar-refractivity contribution >= 4 is 28.8 Å². The fourth-order valence-corrected chi connectivity index (χ4v) is 3.13. The van der Waals surface area contributed by atoms with E-state index in [1.807, 2.05) is 6.92 Å². The molecule has 3 nitrogen and oxygen atoms in total. The Morgan fingerprint density at radius 2 is 2.12 bits per heavy atom. The first-order valence-electron chi connectivity index (χ1n) is 4.72. The van der Waals surface area contributed by atoms with Crippen LogP contribution in [0.15, 0.2) is 27.4 Å². The molecular formula is C10H9F2N3S2. The van der Waals surface area contributed by atoms with Crippen LogP contribution < -0.4 is 5.73 Å². The number of aryl methyl sites for hydroxylation is 1. The molecule has 0 atom stereocenters. The summed E-state index contributed by atoms with van der Waals surface area (Å²) in [5, 5.41) is 8.54. The molecule has 90 valence electrons. The van der Waals surface area contributed by atoms with Gasteiger partial charge in [-0.25, -0.2) is 8.78 Å². The van der Waals surface area contributed by atoms with Crippen LogP contribution in [0, 0.1) is 6.92 Å². The highest BCUT2D eigenvalue weighted by Gasteiger charge is 2.15. The van der Waals surface area contributed by atoms with Crippen molar-refractivity contribution in [2.75, 3.05) is 5.73 Å². The fraction of sp³-hybridized carbons (Fsp3) is 0.200. The molecule has 0 aliphatic carbocycles. The smallest absolute Gasteiger partial charge is 0.265 e. The van der Waals surface area contributed by atoms with Gasteiger partial charge in [-0.15, -0.1) is 10.2 Å². The van der Waals surface area contributed by atoms with Crippen molar-refractivity contribution in [1.29, 1.82) is 0 Å². The van der Waals surface area contributed by atoms with Crippen LogP contribution in [0.4, 0.5) is 14.5 Å². The Bertz CT molecular complexity index is 528. The van der Waals surface area contributed by atoms with Crippen LogP contribution in [0.2, 0.25) is 0 Å². The Balaban J connectivity index is 2.32. The summed E-state index contributed by atoms with van der Waals surface area (Å²) in [7, 11) is 0. The van der Waals surface area contributed by atoms with Gasteiger partial charge in [0.1, 0.15) is 5.01 Å². The number of nitrogens with two attached hydrogens (primary N) is 1. The van der Waals surface area contributed by atoms with E-state index >= 15 is 0 Å². The number of benzene rings is 1. The molecule has 17 heavy (non-hydrogen) atoms. The van der Waals surface area contributed by atoms with E-state index in [1.165, 1.54) is 29.2 Å². The first kappa shape index (κ1) is 12.3. The topological polar surface area (TPSA) is 51.8 Å². The third-order valence-corrected chi connectivity index (χ3v) is 3.95. The van der Waals surface area contributed by atoms with Crippen molar-refractivity contribution in [3.05, 3.63) is 28.8 Å². The van der Waals surface area contributed by atoms with E-state index in [2.05, 4.69) is 10.2 Å². The zero-order valence-corrected chi connectivity index (χ0v) is 10.5.